The predicted molar refractivity (Wildman–Crippen MR) is 70.0 cm³/mol. The van der Waals surface area contributed by atoms with Crippen LogP contribution in [0.4, 0.5) is 13.2 Å². The molecule has 0 unspecified atom stereocenters. The van der Waals surface area contributed by atoms with Gasteiger partial charge in [0, 0.05) is 12.1 Å². The first-order valence-electron chi connectivity index (χ1n) is 5.86. The summed E-state index contributed by atoms with van der Waals surface area (Å²) in [5.74, 6) is -5.01. The highest BCUT2D eigenvalue weighted by molar-refractivity contribution is 9.10. The van der Waals surface area contributed by atoms with Crippen molar-refractivity contribution < 1.29 is 18.0 Å². The quantitative estimate of drug-likeness (QED) is 0.624. The number of halogens is 4. The second-order valence-corrected chi connectivity index (χ2v) is 5.00. The van der Waals surface area contributed by atoms with Crippen LogP contribution in [0.1, 0.15) is 29.4 Å². The number of rotatable bonds is 4. The summed E-state index contributed by atoms with van der Waals surface area (Å²) in [5.41, 5.74) is -0.0859. The van der Waals surface area contributed by atoms with Crippen molar-refractivity contribution in [1.29, 1.82) is 0 Å². The van der Waals surface area contributed by atoms with E-state index in [-0.39, 0.29) is 11.3 Å². The lowest BCUT2D eigenvalue weighted by atomic mass is 10.1. The van der Waals surface area contributed by atoms with E-state index in [2.05, 4.69) is 21.0 Å². The number of nitrogens with zero attached hydrogens (tertiary/aromatic N) is 2. The monoisotopic (exact) mass is 346 g/mol. The molecule has 0 saturated carbocycles. The molecule has 3 nitrogen and oxygen atoms in total. The first-order chi connectivity index (χ1) is 9.45. The third kappa shape index (κ3) is 2.63. The molecule has 1 heterocycles. The fourth-order valence-corrected chi connectivity index (χ4v) is 2.27. The Bertz CT molecular complexity index is 647. The molecule has 7 heteroatoms. The largest absolute Gasteiger partial charge is 0.287 e. The highest BCUT2D eigenvalue weighted by Gasteiger charge is 2.21. The summed E-state index contributed by atoms with van der Waals surface area (Å²) in [5, 5.41) is 4.00. The molecular formula is C13H10BrF3N2O. The van der Waals surface area contributed by atoms with Crippen molar-refractivity contribution in [2.24, 2.45) is 0 Å². The number of aromatic nitrogens is 2. The molecule has 0 aliphatic heterocycles. The maximum atomic E-state index is 13.2. The minimum atomic E-state index is -1.59. The Labute approximate surface area is 121 Å². The zero-order chi connectivity index (χ0) is 14.9. The van der Waals surface area contributed by atoms with E-state index in [1.165, 1.54) is 10.9 Å². The van der Waals surface area contributed by atoms with Crippen LogP contribution < -0.4 is 0 Å². The summed E-state index contributed by atoms with van der Waals surface area (Å²) in [7, 11) is 0. The molecule has 0 atom stereocenters. The smallest absolute Gasteiger partial charge is 0.212 e. The Morgan fingerprint density at radius 1 is 1.30 bits per heavy atom. The van der Waals surface area contributed by atoms with Gasteiger partial charge in [0.15, 0.2) is 17.5 Å². The fraction of sp³-hybridized carbons (Fsp3) is 0.231. The van der Waals surface area contributed by atoms with Crippen molar-refractivity contribution in [3.63, 3.8) is 0 Å². The van der Waals surface area contributed by atoms with E-state index >= 15 is 0 Å². The van der Waals surface area contributed by atoms with Crippen molar-refractivity contribution in [3.05, 3.63) is 51.5 Å². The van der Waals surface area contributed by atoms with Gasteiger partial charge in [0.1, 0.15) is 5.69 Å². The maximum absolute atomic E-state index is 13.2. The first kappa shape index (κ1) is 14.8. The summed E-state index contributed by atoms with van der Waals surface area (Å²) in [4.78, 5) is 12.3. The number of benzene rings is 1. The van der Waals surface area contributed by atoms with Gasteiger partial charge in [0.05, 0.1) is 10.7 Å². The molecule has 1 aromatic carbocycles. The van der Waals surface area contributed by atoms with Crippen LogP contribution in [0, 0.1) is 17.5 Å². The molecular weight excluding hydrogens is 337 g/mol. The minimum Gasteiger partial charge on any atom is -0.287 e. The summed E-state index contributed by atoms with van der Waals surface area (Å²) in [6, 6.07) is 1.35. The second-order valence-electron chi connectivity index (χ2n) is 4.15. The van der Waals surface area contributed by atoms with Gasteiger partial charge >= 0.3 is 0 Å². The molecule has 0 amide bonds. The van der Waals surface area contributed by atoms with Gasteiger partial charge in [-0.2, -0.15) is 5.10 Å². The number of aryl methyl sites for hydroxylation is 1. The van der Waals surface area contributed by atoms with E-state index in [9.17, 15) is 18.0 Å². The Morgan fingerprint density at radius 3 is 2.45 bits per heavy atom. The Balaban J connectivity index is 2.49. The number of hydrogen-bond donors (Lipinski definition) is 0. The molecule has 0 aliphatic rings. The van der Waals surface area contributed by atoms with Crippen LogP contribution >= 0.6 is 15.9 Å². The second kappa shape index (κ2) is 5.78. The Morgan fingerprint density at radius 2 is 1.90 bits per heavy atom. The SMILES string of the molecule is CCCn1ncc(Br)c1C(=O)c1cc(F)c(F)c(F)c1. The lowest BCUT2D eigenvalue weighted by Gasteiger charge is -2.07. The Kier molecular flexibility index (Phi) is 4.27. The number of carbonyl (C=O) groups is 1. The molecule has 0 radical (unpaired) electrons. The summed E-state index contributed by atoms with van der Waals surface area (Å²) >= 11 is 3.17. The minimum absolute atomic E-state index is 0.178. The van der Waals surface area contributed by atoms with Gasteiger partial charge in [-0.3, -0.25) is 9.48 Å². The van der Waals surface area contributed by atoms with E-state index in [1.54, 1.807) is 0 Å². The zero-order valence-electron chi connectivity index (χ0n) is 10.5. The van der Waals surface area contributed by atoms with Crippen molar-refractivity contribution in [3.8, 4) is 0 Å². The van der Waals surface area contributed by atoms with Gasteiger partial charge in [-0.15, -0.1) is 0 Å². The fourth-order valence-electron chi connectivity index (χ4n) is 1.79. The number of carbonyl (C=O) groups excluding carboxylic acids is 1. The molecule has 2 aromatic rings. The lowest BCUT2D eigenvalue weighted by Crippen LogP contribution is -2.13. The van der Waals surface area contributed by atoms with Crippen LogP contribution in [0.5, 0.6) is 0 Å². The standard InChI is InChI=1S/C13H10BrF3N2O/c1-2-3-19-12(8(14)6-18-19)13(20)7-4-9(15)11(17)10(16)5-7/h4-6H,2-3H2,1H3. The van der Waals surface area contributed by atoms with Gasteiger partial charge in [0.2, 0.25) is 5.78 Å². The first-order valence-corrected chi connectivity index (χ1v) is 6.65. The highest BCUT2D eigenvalue weighted by Crippen LogP contribution is 2.22. The topological polar surface area (TPSA) is 34.9 Å². The molecule has 20 heavy (non-hydrogen) atoms. The van der Waals surface area contributed by atoms with Crippen LogP contribution in [0.2, 0.25) is 0 Å². The van der Waals surface area contributed by atoms with Crippen molar-refractivity contribution >= 4 is 21.7 Å². The molecule has 2 rings (SSSR count). The van der Waals surface area contributed by atoms with Gasteiger partial charge in [-0.1, -0.05) is 6.92 Å². The zero-order valence-corrected chi connectivity index (χ0v) is 12.0. The molecule has 0 N–H and O–H groups in total. The molecule has 1 aromatic heterocycles. The predicted octanol–water partition coefficient (Wildman–Crippen LogP) is 3.70. The molecule has 0 bridgehead atoms. The summed E-state index contributed by atoms with van der Waals surface area (Å²) in [6.07, 6.45) is 2.17. The van der Waals surface area contributed by atoms with Gasteiger partial charge in [-0.25, -0.2) is 13.2 Å². The van der Waals surface area contributed by atoms with Gasteiger partial charge < -0.3 is 0 Å². The van der Waals surface area contributed by atoms with Crippen LogP contribution in [-0.2, 0) is 6.54 Å². The maximum Gasteiger partial charge on any atom is 0.212 e. The van der Waals surface area contributed by atoms with E-state index in [4.69, 9.17) is 0 Å². The van der Waals surface area contributed by atoms with Crippen LogP contribution in [0.3, 0.4) is 0 Å². The van der Waals surface area contributed by atoms with Crippen molar-refractivity contribution in [1.82, 2.24) is 9.78 Å². The molecule has 0 aliphatic carbocycles. The van der Waals surface area contributed by atoms with Crippen LogP contribution in [-0.4, -0.2) is 15.6 Å². The Hall–Kier alpha value is -1.63. The van der Waals surface area contributed by atoms with E-state index < -0.39 is 23.2 Å². The average Bonchev–Trinajstić information content (AvgIpc) is 2.76. The summed E-state index contributed by atoms with van der Waals surface area (Å²) in [6.45, 7) is 2.39. The molecule has 0 spiro atoms. The van der Waals surface area contributed by atoms with Gasteiger partial charge in [-0.05, 0) is 34.5 Å². The average molecular weight is 347 g/mol. The number of hydrogen-bond acceptors (Lipinski definition) is 2. The third-order valence-corrected chi connectivity index (χ3v) is 3.27. The van der Waals surface area contributed by atoms with Crippen molar-refractivity contribution in [2.75, 3.05) is 0 Å². The molecule has 0 saturated heterocycles. The van der Waals surface area contributed by atoms with Crippen LogP contribution in [0.25, 0.3) is 0 Å². The molecule has 106 valence electrons. The van der Waals surface area contributed by atoms with E-state index in [0.717, 1.165) is 6.42 Å². The number of ketones is 1. The van der Waals surface area contributed by atoms with Gasteiger partial charge in [0.25, 0.3) is 0 Å². The van der Waals surface area contributed by atoms with E-state index in [1.807, 2.05) is 6.92 Å². The molecule has 0 fully saturated rings. The normalized spacial score (nSPS) is 10.8. The lowest BCUT2D eigenvalue weighted by molar-refractivity contribution is 0.102. The van der Waals surface area contributed by atoms with E-state index in [0.29, 0.717) is 23.2 Å². The van der Waals surface area contributed by atoms with Crippen molar-refractivity contribution in [2.45, 2.75) is 19.9 Å². The third-order valence-electron chi connectivity index (χ3n) is 2.69. The van der Waals surface area contributed by atoms with Crippen LogP contribution in [0.15, 0.2) is 22.8 Å². The summed E-state index contributed by atoms with van der Waals surface area (Å²) < 4.78 is 41.1. The highest BCUT2D eigenvalue weighted by atomic mass is 79.9.